The van der Waals surface area contributed by atoms with Crippen LogP contribution in [0.2, 0.25) is 0 Å². The summed E-state index contributed by atoms with van der Waals surface area (Å²) in [6, 6.07) is 16.5. The maximum atomic E-state index is 12.2. The third kappa shape index (κ3) is 3.62. The van der Waals surface area contributed by atoms with E-state index in [-0.39, 0.29) is 11.5 Å². The fraction of sp³-hybridized carbons (Fsp3) is 0.350. The number of ether oxygens (including phenoxy) is 1. The molecule has 2 aromatic rings. The minimum Gasteiger partial charge on any atom is -0.376 e. The Morgan fingerprint density at radius 2 is 1.83 bits per heavy atom. The Labute approximate surface area is 137 Å². The molecule has 1 aliphatic carbocycles. The highest BCUT2D eigenvalue weighted by Crippen LogP contribution is 2.32. The molecule has 1 amide bonds. The largest absolute Gasteiger partial charge is 0.376 e. The Bertz CT molecular complexity index is 683. The lowest BCUT2D eigenvalue weighted by Gasteiger charge is -2.27. The van der Waals surface area contributed by atoms with Crippen molar-refractivity contribution in [3.8, 4) is 0 Å². The SMILES string of the molecule is COC1(CNC(=O)Cc2cccc(C)c2)Cc2ccccc2C1. The van der Waals surface area contributed by atoms with Crippen molar-refractivity contribution in [3.05, 3.63) is 70.8 Å². The van der Waals surface area contributed by atoms with Crippen LogP contribution in [-0.2, 0) is 28.8 Å². The molecule has 0 aliphatic heterocycles. The molecule has 0 saturated heterocycles. The van der Waals surface area contributed by atoms with Crippen molar-refractivity contribution >= 4 is 5.91 Å². The molecule has 0 radical (unpaired) electrons. The average Bonchev–Trinajstić information content (AvgIpc) is 2.92. The third-order valence-electron chi connectivity index (χ3n) is 4.63. The van der Waals surface area contributed by atoms with Gasteiger partial charge in [0.25, 0.3) is 0 Å². The molecular weight excluding hydrogens is 286 g/mol. The summed E-state index contributed by atoms with van der Waals surface area (Å²) in [5.74, 6) is 0.0444. The van der Waals surface area contributed by atoms with E-state index in [1.54, 1.807) is 7.11 Å². The summed E-state index contributed by atoms with van der Waals surface area (Å²) in [6.07, 6.45) is 2.11. The van der Waals surface area contributed by atoms with Gasteiger partial charge in [0.1, 0.15) is 0 Å². The number of fused-ring (bicyclic) bond motifs is 1. The number of aryl methyl sites for hydroxylation is 1. The first-order valence-corrected chi connectivity index (χ1v) is 8.04. The number of carbonyl (C=O) groups is 1. The van der Waals surface area contributed by atoms with Crippen molar-refractivity contribution < 1.29 is 9.53 Å². The highest BCUT2D eigenvalue weighted by atomic mass is 16.5. The molecule has 2 aromatic carbocycles. The molecule has 23 heavy (non-hydrogen) atoms. The van der Waals surface area contributed by atoms with Crippen molar-refractivity contribution in [1.82, 2.24) is 5.32 Å². The lowest BCUT2D eigenvalue weighted by atomic mass is 10.00. The summed E-state index contributed by atoms with van der Waals surface area (Å²) in [4.78, 5) is 12.2. The number of amides is 1. The van der Waals surface area contributed by atoms with E-state index in [0.717, 1.165) is 18.4 Å². The van der Waals surface area contributed by atoms with Crippen LogP contribution < -0.4 is 5.32 Å². The van der Waals surface area contributed by atoms with Gasteiger partial charge >= 0.3 is 0 Å². The van der Waals surface area contributed by atoms with Crippen LogP contribution in [0.4, 0.5) is 0 Å². The standard InChI is InChI=1S/C20H23NO2/c1-15-6-5-7-16(10-15)11-19(22)21-14-20(23-2)12-17-8-3-4-9-18(17)13-20/h3-10H,11-14H2,1-2H3,(H,21,22). The van der Waals surface area contributed by atoms with Crippen molar-refractivity contribution in [3.63, 3.8) is 0 Å². The fourth-order valence-electron chi connectivity index (χ4n) is 3.33. The van der Waals surface area contributed by atoms with E-state index in [9.17, 15) is 4.79 Å². The molecule has 120 valence electrons. The van der Waals surface area contributed by atoms with Gasteiger partial charge in [-0.15, -0.1) is 0 Å². The molecule has 0 fully saturated rings. The number of carbonyl (C=O) groups excluding carboxylic acids is 1. The quantitative estimate of drug-likeness (QED) is 0.922. The molecule has 0 spiro atoms. The summed E-state index contributed by atoms with van der Waals surface area (Å²) in [5, 5.41) is 3.06. The van der Waals surface area contributed by atoms with Gasteiger partial charge in [0.2, 0.25) is 5.91 Å². The molecule has 0 saturated carbocycles. The molecule has 1 aliphatic rings. The zero-order valence-corrected chi connectivity index (χ0v) is 13.8. The molecule has 3 heteroatoms. The molecule has 3 rings (SSSR count). The van der Waals surface area contributed by atoms with Crippen molar-refractivity contribution in [2.24, 2.45) is 0 Å². The summed E-state index contributed by atoms with van der Waals surface area (Å²) in [5.41, 5.74) is 4.55. The average molecular weight is 309 g/mol. The van der Waals surface area contributed by atoms with Gasteiger partial charge in [-0.25, -0.2) is 0 Å². The van der Waals surface area contributed by atoms with E-state index < -0.39 is 0 Å². The van der Waals surface area contributed by atoms with E-state index in [1.807, 2.05) is 25.1 Å². The molecule has 0 atom stereocenters. The van der Waals surface area contributed by atoms with Crippen molar-refractivity contribution in [1.29, 1.82) is 0 Å². The van der Waals surface area contributed by atoms with E-state index in [0.29, 0.717) is 13.0 Å². The Balaban J connectivity index is 1.60. The summed E-state index contributed by atoms with van der Waals surface area (Å²) in [6.45, 7) is 2.58. The van der Waals surface area contributed by atoms with Gasteiger partial charge in [0.15, 0.2) is 0 Å². The third-order valence-corrected chi connectivity index (χ3v) is 4.63. The van der Waals surface area contributed by atoms with E-state index in [1.165, 1.54) is 16.7 Å². The first-order chi connectivity index (χ1) is 11.1. The van der Waals surface area contributed by atoms with Gasteiger partial charge in [-0.2, -0.15) is 0 Å². The second-order valence-corrected chi connectivity index (χ2v) is 6.45. The Morgan fingerprint density at radius 3 is 2.43 bits per heavy atom. The minimum atomic E-state index is -0.314. The first-order valence-electron chi connectivity index (χ1n) is 8.04. The minimum absolute atomic E-state index is 0.0444. The van der Waals surface area contributed by atoms with E-state index in [4.69, 9.17) is 4.74 Å². The van der Waals surface area contributed by atoms with Crippen molar-refractivity contribution in [2.75, 3.05) is 13.7 Å². The highest BCUT2D eigenvalue weighted by molar-refractivity contribution is 5.78. The zero-order chi connectivity index (χ0) is 16.3. The molecular formula is C20H23NO2. The Kier molecular flexibility index (Phi) is 4.49. The number of benzene rings is 2. The van der Waals surface area contributed by atoms with Crippen LogP contribution in [0.1, 0.15) is 22.3 Å². The van der Waals surface area contributed by atoms with Crippen LogP contribution in [0.15, 0.2) is 48.5 Å². The lowest BCUT2D eigenvalue weighted by molar-refractivity contribution is -0.122. The van der Waals surface area contributed by atoms with Crippen LogP contribution in [0.5, 0.6) is 0 Å². The van der Waals surface area contributed by atoms with Gasteiger partial charge in [-0.3, -0.25) is 4.79 Å². The van der Waals surface area contributed by atoms with Crippen LogP contribution in [-0.4, -0.2) is 25.2 Å². The summed E-state index contributed by atoms with van der Waals surface area (Å²) >= 11 is 0. The predicted octanol–water partition coefficient (Wildman–Crippen LogP) is 2.84. The van der Waals surface area contributed by atoms with Crippen LogP contribution >= 0.6 is 0 Å². The number of nitrogens with one attached hydrogen (secondary N) is 1. The van der Waals surface area contributed by atoms with Crippen LogP contribution in [0, 0.1) is 6.92 Å². The summed E-state index contributed by atoms with van der Waals surface area (Å²) < 4.78 is 5.79. The first kappa shape index (κ1) is 15.8. The Morgan fingerprint density at radius 1 is 1.13 bits per heavy atom. The summed E-state index contributed by atoms with van der Waals surface area (Å²) in [7, 11) is 1.73. The molecule has 0 aromatic heterocycles. The molecule has 0 heterocycles. The van der Waals surface area contributed by atoms with Gasteiger partial charge in [0.05, 0.1) is 12.0 Å². The Hall–Kier alpha value is -2.13. The number of hydrogen-bond donors (Lipinski definition) is 1. The van der Waals surface area contributed by atoms with E-state index in [2.05, 4.69) is 35.6 Å². The van der Waals surface area contributed by atoms with Crippen LogP contribution in [0.25, 0.3) is 0 Å². The topological polar surface area (TPSA) is 38.3 Å². The maximum absolute atomic E-state index is 12.2. The number of rotatable bonds is 5. The zero-order valence-electron chi connectivity index (χ0n) is 13.8. The van der Waals surface area contributed by atoms with E-state index >= 15 is 0 Å². The smallest absolute Gasteiger partial charge is 0.224 e. The normalized spacial score (nSPS) is 15.2. The van der Waals surface area contributed by atoms with Gasteiger partial charge in [-0.1, -0.05) is 54.1 Å². The lowest BCUT2D eigenvalue weighted by Crippen LogP contribution is -2.45. The molecule has 1 N–H and O–H groups in total. The van der Waals surface area contributed by atoms with Gasteiger partial charge in [0, 0.05) is 26.5 Å². The molecule has 0 bridgehead atoms. The van der Waals surface area contributed by atoms with Gasteiger partial charge in [-0.05, 0) is 23.6 Å². The second kappa shape index (κ2) is 6.55. The maximum Gasteiger partial charge on any atom is 0.224 e. The monoisotopic (exact) mass is 309 g/mol. The van der Waals surface area contributed by atoms with Crippen LogP contribution in [0.3, 0.4) is 0 Å². The predicted molar refractivity (Wildman–Crippen MR) is 91.5 cm³/mol. The molecule has 3 nitrogen and oxygen atoms in total. The second-order valence-electron chi connectivity index (χ2n) is 6.45. The molecule has 0 unspecified atom stereocenters. The highest BCUT2D eigenvalue weighted by Gasteiger charge is 2.37. The van der Waals surface area contributed by atoms with Crippen molar-refractivity contribution in [2.45, 2.75) is 31.8 Å². The van der Waals surface area contributed by atoms with Gasteiger partial charge < -0.3 is 10.1 Å². The number of hydrogen-bond acceptors (Lipinski definition) is 2. The fourth-order valence-corrected chi connectivity index (χ4v) is 3.33. The number of methoxy groups -OCH3 is 1.